The van der Waals surface area contributed by atoms with Crippen molar-refractivity contribution in [2.24, 2.45) is 18.7 Å². The van der Waals surface area contributed by atoms with Gasteiger partial charge in [0.25, 0.3) is 5.91 Å². The number of nitrogens with two attached hydrogens (primary N) is 1. The van der Waals surface area contributed by atoms with Gasteiger partial charge in [0.15, 0.2) is 11.5 Å². The first-order valence-electron chi connectivity index (χ1n) is 10.5. The molecule has 1 aromatic carbocycles. The minimum atomic E-state index is -0.470. The van der Waals surface area contributed by atoms with E-state index in [2.05, 4.69) is 5.10 Å². The van der Waals surface area contributed by atoms with Crippen molar-refractivity contribution in [3.05, 3.63) is 41.2 Å². The Labute approximate surface area is 174 Å². The molecule has 0 spiro atoms. The van der Waals surface area contributed by atoms with Crippen LogP contribution in [0.1, 0.15) is 52.7 Å². The Bertz CT molecular complexity index is 1000. The normalized spacial score (nSPS) is 25.1. The van der Waals surface area contributed by atoms with E-state index in [0.29, 0.717) is 31.0 Å². The lowest BCUT2D eigenvalue weighted by Crippen LogP contribution is -2.40. The predicted molar refractivity (Wildman–Crippen MR) is 109 cm³/mol. The van der Waals surface area contributed by atoms with Crippen LogP contribution in [0.3, 0.4) is 0 Å². The van der Waals surface area contributed by atoms with Crippen LogP contribution in [0.2, 0.25) is 0 Å². The number of rotatable bonds is 4. The van der Waals surface area contributed by atoms with Gasteiger partial charge in [0.1, 0.15) is 13.2 Å². The molecule has 1 saturated heterocycles. The molecule has 2 aromatic rings. The summed E-state index contributed by atoms with van der Waals surface area (Å²) in [5.41, 5.74) is 7.82. The number of piperidine rings is 1. The van der Waals surface area contributed by atoms with E-state index in [-0.39, 0.29) is 23.7 Å². The Morgan fingerprint density at radius 2 is 2.00 bits per heavy atom. The molecule has 0 radical (unpaired) electrons. The molecule has 3 atom stereocenters. The van der Waals surface area contributed by atoms with Gasteiger partial charge in [0.2, 0.25) is 5.91 Å². The van der Waals surface area contributed by atoms with E-state index in [1.165, 1.54) is 0 Å². The molecule has 30 heavy (non-hydrogen) atoms. The Morgan fingerprint density at radius 1 is 1.20 bits per heavy atom. The van der Waals surface area contributed by atoms with E-state index in [1.807, 2.05) is 23.1 Å². The average Bonchev–Trinajstić information content (AvgIpc) is 3.46. The second kappa shape index (κ2) is 7.34. The van der Waals surface area contributed by atoms with Crippen LogP contribution in [-0.4, -0.2) is 52.8 Å². The maximum atomic E-state index is 13.2. The molecule has 1 saturated carbocycles. The molecule has 1 aliphatic carbocycles. The molecule has 0 bridgehead atoms. The number of aromatic nitrogens is 2. The smallest absolute Gasteiger partial charge is 0.252 e. The number of benzene rings is 1. The van der Waals surface area contributed by atoms with E-state index in [9.17, 15) is 9.59 Å². The van der Waals surface area contributed by atoms with E-state index in [4.69, 9.17) is 15.2 Å². The van der Waals surface area contributed by atoms with Crippen molar-refractivity contribution in [3.8, 4) is 11.5 Å². The van der Waals surface area contributed by atoms with Crippen LogP contribution in [0, 0.1) is 5.92 Å². The van der Waals surface area contributed by atoms with Crippen LogP contribution in [0.25, 0.3) is 0 Å². The zero-order valence-electron chi connectivity index (χ0n) is 17.0. The molecular weight excluding hydrogens is 384 g/mol. The van der Waals surface area contributed by atoms with Gasteiger partial charge in [-0.05, 0) is 42.9 Å². The van der Waals surface area contributed by atoms with Crippen molar-refractivity contribution in [2.75, 3.05) is 26.3 Å². The number of carbonyl (C=O) groups is 2. The fourth-order valence-electron chi connectivity index (χ4n) is 4.76. The van der Waals surface area contributed by atoms with Crippen molar-refractivity contribution in [1.82, 2.24) is 14.7 Å². The molecule has 8 heteroatoms. The molecule has 1 aromatic heterocycles. The number of likely N-dealkylation sites (tertiary alicyclic amines) is 1. The monoisotopic (exact) mass is 410 g/mol. The molecular formula is C22H26N4O4. The van der Waals surface area contributed by atoms with Crippen LogP contribution in [0.15, 0.2) is 24.4 Å². The van der Waals surface area contributed by atoms with Crippen LogP contribution in [0.5, 0.6) is 11.5 Å². The Kier molecular flexibility index (Phi) is 4.64. The summed E-state index contributed by atoms with van der Waals surface area (Å²) >= 11 is 0. The third kappa shape index (κ3) is 3.40. The van der Waals surface area contributed by atoms with Crippen molar-refractivity contribution in [2.45, 2.75) is 31.1 Å². The predicted octanol–water partition coefficient (Wildman–Crippen LogP) is 1.80. The van der Waals surface area contributed by atoms with Gasteiger partial charge < -0.3 is 20.1 Å². The number of fused-ring (bicyclic) bond motifs is 1. The summed E-state index contributed by atoms with van der Waals surface area (Å²) in [4.78, 5) is 26.9. The van der Waals surface area contributed by atoms with Crippen LogP contribution < -0.4 is 15.2 Å². The maximum Gasteiger partial charge on any atom is 0.252 e. The molecule has 2 aliphatic heterocycles. The molecule has 8 nitrogen and oxygen atoms in total. The molecule has 2 fully saturated rings. The molecule has 3 aliphatic rings. The van der Waals surface area contributed by atoms with Crippen LogP contribution in [-0.2, 0) is 11.8 Å². The van der Waals surface area contributed by atoms with Crippen LogP contribution in [0.4, 0.5) is 0 Å². The third-order valence-corrected chi connectivity index (χ3v) is 6.34. The zero-order chi connectivity index (χ0) is 20.8. The molecule has 158 valence electrons. The lowest BCUT2D eigenvalue weighted by Gasteiger charge is -2.32. The largest absolute Gasteiger partial charge is 0.486 e. The van der Waals surface area contributed by atoms with Gasteiger partial charge in [0.05, 0.1) is 11.3 Å². The van der Waals surface area contributed by atoms with Crippen molar-refractivity contribution < 1.29 is 19.1 Å². The third-order valence-electron chi connectivity index (χ3n) is 6.34. The second-order valence-electron chi connectivity index (χ2n) is 8.44. The minimum absolute atomic E-state index is 0.00523. The minimum Gasteiger partial charge on any atom is -0.486 e. The average molecular weight is 410 g/mol. The van der Waals surface area contributed by atoms with Crippen molar-refractivity contribution in [3.63, 3.8) is 0 Å². The number of ether oxygens (including phenoxy) is 2. The number of hydrogen-bond donors (Lipinski definition) is 1. The molecule has 0 unspecified atom stereocenters. The summed E-state index contributed by atoms with van der Waals surface area (Å²) in [5.74, 6) is 1.53. The highest BCUT2D eigenvalue weighted by atomic mass is 16.6. The van der Waals surface area contributed by atoms with Crippen molar-refractivity contribution >= 4 is 11.8 Å². The molecule has 2 amide bonds. The lowest BCUT2D eigenvalue weighted by atomic mass is 9.92. The van der Waals surface area contributed by atoms with Gasteiger partial charge in [-0.1, -0.05) is 6.07 Å². The van der Waals surface area contributed by atoms with E-state index in [0.717, 1.165) is 42.9 Å². The van der Waals surface area contributed by atoms with E-state index in [1.54, 1.807) is 17.9 Å². The Hall–Kier alpha value is -3.03. The fraction of sp³-hybridized carbons (Fsp3) is 0.500. The second-order valence-corrected chi connectivity index (χ2v) is 8.44. The standard InChI is InChI=1S/C22H26N4O4/c1-25-12-17(21(23)27)20(24-25)14-3-2-6-26(11-14)22(28)16-10-15(16)13-4-5-18-19(9-13)30-8-7-29-18/h4-5,9,12,14-16H,2-3,6-8,10-11H2,1H3,(H2,23,27)/t14-,15+,16-/m1/s1. The number of aryl methyl sites for hydroxylation is 1. The van der Waals surface area contributed by atoms with Crippen LogP contribution >= 0.6 is 0 Å². The van der Waals surface area contributed by atoms with E-state index < -0.39 is 5.91 Å². The highest BCUT2D eigenvalue weighted by molar-refractivity contribution is 5.94. The summed E-state index contributed by atoms with van der Waals surface area (Å²) in [6.07, 6.45) is 4.32. The Balaban J connectivity index is 1.28. The SMILES string of the molecule is Cn1cc(C(N)=O)c([C@@H]2CCCN(C(=O)[C@@H]3C[C@H]3c3ccc4c(c3)OCCO4)C2)n1. The molecule has 2 N–H and O–H groups in total. The first-order valence-corrected chi connectivity index (χ1v) is 10.5. The van der Waals surface area contributed by atoms with Gasteiger partial charge in [-0.15, -0.1) is 0 Å². The summed E-state index contributed by atoms with van der Waals surface area (Å²) < 4.78 is 12.9. The number of amides is 2. The zero-order valence-corrected chi connectivity index (χ0v) is 17.0. The van der Waals surface area contributed by atoms with Crippen molar-refractivity contribution in [1.29, 1.82) is 0 Å². The number of primary amides is 1. The number of nitrogens with zero attached hydrogens (tertiary/aromatic N) is 3. The van der Waals surface area contributed by atoms with Gasteiger partial charge in [-0.3, -0.25) is 14.3 Å². The maximum absolute atomic E-state index is 13.2. The first kappa shape index (κ1) is 19.0. The Morgan fingerprint density at radius 3 is 2.80 bits per heavy atom. The highest BCUT2D eigenvalue weighted by Gasteiger charge is 2.47. The summed E-state index contributed by atoms with van der Waals surface area (Å²) in [6.45, 7) is 2.46. The number of carbonyl (C=O) groups excluding carboxylic acids is 2. The van der Waals surface area contributed by atoms with Gasteiger partial charge >= 0.3 is 0 Å². The fourth-order valence-corrected chi connectivity index (χ4v) is 4.76. The summed E-state index contributed by atoms with van der Waals surface area (Å²) in [5, 5.41) is 4.47. The van der Waals surface area contributed by atoms with Gasteiger partial charge in [-0.25, -0.2) is 0 Å². The lowest BCUT2D eigenvalue weighted by molar-refractivity contribution is -0.133. The van der Waals surface area contributed by atoms with Gasteiger partial charge in [-0.2, -0.15) is 5.10 Å². The topological polar surface area (TPSA) is 99.7 Å². The van der Waals surface area contributed by atoms with Gasteiger partial charge in [0, 0.05) is 38.2 Å². The number of hydrogen-bond acceptors (Lipinski definition) is 5. The quantitative estimate of drug-likeness (QED) is 0.829. The molecule has 5 rings (SSSR count). The highest BCUT2D eigenvalue weighted by Crippen LogP contribution is 2.50. The van der Waals surface area contributed by atoms with E-state index >= 15 is 0 Å². The summed E-state index contributed by atoms with van der Waals surface area (Å²) in [6, 6.07) is 5.99. The summed E-state index contributed by atoms with van der Waals surface area (Å²) in [7, 11) is 1.78. The first-order chi connectivity index (χ1) is 14.5. The molecule has 3 heterocycles.